The van der Waals surface area contributed by atoms with Gasteiger partial charge >= 0.3 is 6.09 Å². The first-order valence-corrected chi connectivity index (χ1v) is 7.27. The molecule has 1 aromatic heterocycles. The molecule has 0 bridgehead atoms. The fourth-order valence-electron chi connectivity index (χ4n) is 1.42. The molecule has 108 valence electrons. The maximum Gasteiger partial charge on any atom is 0.407 e. The highest BCUT2D eigenvalue weighted by atomic mass is 32.1. The molecule has 0 saturated carbocycles. The second-order valence-electron chi connectivity index (χ2n) is 5.30. The Morgan fingerprint density at radius 2 is 2.16 bits per heavy atom. The fourth-order valence-corrected chi connectivity index (χ4v) is 2.18. The average Bonchev–Trinajstić information content (AvgIpc) is 2.67. The largest absolute Gasteiger partial charge is 0.444 e. The lowest BCUT2D eigenvalue weighted by molar-refractivity contribution is 0.0527. The molecule has 0 aromatic carbocycles. The van der Waals surface area contributed by atoms with Crippen LogP contribution in [0.25, 0.3) is 0 Å². The number of nitrogens with one attached hydrogen (secondary N) is 2. The molecule has 0 radical (unpaired) electrons. The number of carbonyl (C=O) groups excluding carboxylic acids is 1. The van der Waals surface area contributed by atoms with E-state index in [9.17, 15) is 4.79 Å². The van der Waals surface area contributed by atoms with Gasteiger partial charge in [-0.3, -0.25) is 0 Å². The van der Waals surface area contributed by atoms with Crippen molar-refractivity contribution < 1.29 is 9.53 Å². The van der Waals surface area contributed by atoms with Crippen LogP contribution in [-0.4, -0.2) is 29.8 Å². The van der Waals surface area contributed by atoms with E-state index in [-0.39, 0.29) is 6.09 Å². The molecule has 0 aliphatic rings. The SMILES string of the molecule is Cc1ncc(CNCCCNC(=O)OC(C)(C)C)s1. The summed E-state index contributed by atoms with van der Waals surface area (Å²) in [7, 11) is 0. The number of alkyl carbamates (subject to hydrolysis) is 1. The van der Waals surface area contributed by atoms with Crippen molar-refractivity contribution in [2.45, 2.75) is 46.3 Å². The van der Waals surface area contributed by atoms with E-state index >= 15 is 0 Å². The Kier molecular flexibility index (Phi) is 6.24. The van der Waals surface area contributed by atoms with E-state index in [1.807, 2.05) is 33.9 Å². The third-order valence-corrected chi connectivity index (χ3v) is 3.08. The van der Waals surface area contributed by atoms with Crippen molar-refractivity contribution in [1.29, 1.82) is 0 Å². The number of thiazole rings is 1. The van der Waals surface area contributed by atoms with Gasteiger partial charge in [-0.25, -0.2) is 9.78 Å². The third kappa shape index (κ3) is 7.79. The minimum Gasteiger partial charge on any atom is -0.444 e. The smallest absolute Gasteiger partial charge is 0.407 e. The summed E-state index contributed by atoms with van der Waals surface area (Å²) in [6.45, 7) is 9.86. The Labute approximate surface area is 118 Å². The molecule has 0 spiro atoms. The van der Waals surface area contributed by atoms with Crippen LogP contribution >= 0.6 is 11.3 Å². The second-order valence-corrected chi connectivity index (χ2v) is 6.62. The predicted octanol–water partition coefficient (Wildman–Crippen LogP) is 2.46. The van der Waals surface area contributed by atoms with Gasteiger partial charge < -0.3 is 15.4 Å². The van der Waals surface area contributed by atoms with Crippen LogP contribution in [0.4, 0.5) is 4.79 Å². The van der Waals surface area contributed by atoms with Gasteiger partial charge in [-0.05, 0) is 40.7 Å². The van der Waals surface area contributed by atoms with E-state index in [1.54, 1.807) is 11.3 Å². The molecule has 19 heavy (non-hydrogen) atoms. The maximum atomic E-state index is 11.4. The quantitative estimate of drug-likeness (QED) is 0.788. The van der Waals surface area contributed by atoms with Crippen molar-refractivity contribution >= 4 is 17.4 Å². The summed E-state index contributed by atoms with van der Waals surface area (Å²) in [5.74, 6) is 0. The number of nitrogens with zero attached hydrogens (tertiary/aromatic N) is 1. The highest BCUT2D eigenvalue weighted by Crippen LogP contribution is 2.10. The number of hydrogen-bond donors (Lipinski definition) is 2. The van der Waals surface area contributed by atoms with Gasteiger partial charge in [0.2, 0.25) is 0 Å². The molecule has 0 aliphatic carbocycles. The van der Waals surface area contributed by atoms with E-state index in [2.05, 4.69) is 15.6 Å². The minimum atomic E-state index is -0.438. The van der Waals surface area contributed by atoms with Gasteiger partial charge in [-0.2, -0.15) is 0 Å². The highest BCUT2D eigenvalue weighted by molar-refractivity contribution is 7.11. The molecule has 0 aliphatic heterocycles. The fraction of sp³-hybridized carbons (Fsp3) is 0.692. The Balaban J connectivity index is 2.01. The normalized spacial score (nSPS) is 11.4. The van der Waals surface area contributed by atoms with E-state index < -0.39 is 5.60 Å². The molecule has 2 N–H and O–H groups in total. The summed E-state index contributed by atoms with van der Waals surface area (Å²) in [4.78, 5) is 16.8. The van der Waals surface area contributed by atoms with Crippen molar-refractivity contribution in [3.8, 4) is 0 Å². The molecule has 0 unspecified atom stereocenters. The lowest BCUT2D eigenvalue weighted by Gasteiger charge is -2.19. The topological polar surface area (TPSA) is 63.2 Å². The number of carbonyl (C=O) groups is 1. The number of rotatable bonds is 6. The van der Waals surface area contributed by atoms with Crippen LogP contribution in [0.15, 0.2) is 6.20 Å². The number of aryl methyl sites for hydroxylation is 1. The van der Waals surface area contributed by atoms with Crippen LogP contribution in [-0.2, 0) is 11.3 Å². The van der Waals surface area contributed by atoms with Crippen LogP contribution in [0.2, 0.25) is 0 Å². The Morgan fingerprint density at radius 3 is 2.74 bits per heavy atom. The van der Waals surface area contributed by atoms with E-state index in [0.29, 0.717) is 6.54 Å². The molecule has 6 heteroatoms. The standard InChI is InChI=1S/C13H23N3O2S/c1-10-16-9-11(19-10)8-14-6-5-7-15-12(17)18-13(2,3)4/h9,14H,5-8H2,1-4H3,(H,15,17). The van der Waals surface area contributed by atoms with Crippen LogP contribution in [0.1, 0.15) is 37.1 Å². The van der Waals surface area contributed by atoms with Crippen molar-refractivity contribution in [1.82, 2.24) is 15.6 Å². The van der Waals surface area contributed by atoms with Gasteiger partial charge in [-0.1, -0.05) is 0 Å². The summed E-state index contributed by atoms with van der Waals surface area (Å²) in [5.41, 5.74) is -0.438. The first kappa shape index (κ1) is 15.9. The lowest BCUT2D eigenvalue weighted by Crippen LogP contribution is -2.33. The Bertz CT molecular complexity index is 399. The monoisotopic (exact) mass is 285 g/mol. The first-order valence-electron chi connectivity index (χ1n) is 6.46. The van der Waals surface area contributed by atoms with Crippen molar-refractivity contribution in [3.05, 3.63) is 16.1 Å². The Morgan fingerprint density at radius 1 is 1.42 bits per heavy atom. The molecule has 5 nitrogen and oxygen atoms in total. The molecule has 0 fully saturated rings. The summed E-state index contributed by atoms with van der Waals surface area (Å²) < 4.78 is 5.14. The number of aromatic nitrogens is 1. The molecule has 1 heterocycles. The van der Waals surface area contributed by atoms with Gasteiger partial charge in [0.1, 0.15) is 5.60 Å². The Hall–Kier alpha value is -1.14. The predicted molar refractivity (Wildman–Crippen MR) is 77.4 cm³/mol. The third-order valence-electron chi connectivity index (χ3n) is 2.17. The molecule has 1 amide bonds. The van der Waals surface area contributed by atoms with Gasteiger partial charge in [0.25, 0.3) is 0 Å². The van der Waals surface area contributed by atoms with E-state index in [4.69, 9.17) is 4.74 Å². The van der Waals surface area contributed by atoms with Crippen LogP contribution in [0.3, 0.4) is 0 Å². The summed E-state index contributed by atoms with van der Waals surface area (Å²) in [6.07, 6.45) is 2.41. The van der Waals surface area contributed by atoms with Crippen molar-refractivity contribution in [2.24, 2.45) is 0 Å². The van der Waals surface area contributed by atoms with Crippen molar-refractivity contribution in [3.63, 3.8) is 0 Å². The minimum absolute atomic E-state index is 0.356. The van der Waals surface area contributed by atoms with Crippen LogP contribution in [0.5, 0.6) is 0 Å². The number of ether oxygens (including phenoxy) is 1. The first-order chi connectivity index (χ1) is 8.87. The summed E-state index contributed by atoms with van der Waals surface area (Å²) in [5, 5.41) is 7.13. The van der Waals surface area contributed by atoms with E-state index in [1.165, 1.54) is 4.88 Å². The second kappa shape index (κ2) is 7.45. The molecule has 0 saturated heterocycles. The van der Waals surface area contributed by atoms with E-state index in [0.717, 1.165) is 24.5 Å². The number of hydrogen-bond acceptors (Lipinski definition) is 5. The summed E-state index contributed by atoms with van der Waals surface area (Å²) in [6, 6.07) is 0. The van der Waals surface area contributed by atoms with Gasteiger partial charge in [0.05, 0.1) is 5.01 Å². The number of amides is 1. The highest BCUT2D eigenvalue weighted by Gasteiger charge is 2.15. The molecular weight excluding hydrogens is 262 g/mol. The van der Waals surface area contributed by atoms with Crippen molar-refractivity contribution in [2.75, 3.05) is 13.1 Å². The lowest BCUT2D eigenvalue weighted by atomic mass is 10.2. The van der Waals surface area contributed by atoms with Gasteiger partial charge in [-0.15, -0.1) is 11.3 Å². The van der Waals surface area contributed by atoms with Crippen LogP contribution < -0.4 is 10.6 Å². The molecular formula is C13H23N3O2S. The summed E-state index contributed by atoms with van der Waals surface area (Å²) >= 11 is 1.70. The molecule has 1 aromatic rings. The zero-order chi connectivity index (χ0) is 14.3. The molecule has 1 rings (SSSR count). The zero-order valence-corrected chi connectivity index (χ0v) is 12.9. The van der Waals surface area contributed by atoms with Crippen LogP contribution in [0, 0.1) is 6.92 Å². The van der Waals surface area contributed by atoms with Gasteiger partial charge in [0, 0.05) is 24.2 Å². The average molecular weight is 285 g/mol. The molecule has 0 atom stereocenters. The van der Waals surface area contributed by atoms with Gasteiger partial charge in [0.15, 0.2) is 0 Å². The maximum absolute atomic E-state index is 11.4. The zero-order valence-electron chi connectivity index (χ0n) is 12.1.